The maximum Gasteiger partial charge on any atom is 0.415 e. The third-order valence-electron chi connectivity index (χ3n) is 3.93. The van der Waals surface area contributed by atoms with Gasteiger partial charge in [-0.05, 0) is 53.3 Å². The van der Waals surface area contributed by atoms with Gasteiger partial charge in [-0.15, -0.1) is 0 Å². The number of likely N-dealkylation sites (tertiary alicyclic amines) is 1. The molecule has 2 rings (SSSR count). The molecular formula is C17H27N3O2. The molecule has 22 heavy (non-hydrogen) atoms. The summed E-state index contributed by atoms with van der Waals surface area (Å²) in [7, 11) is 3.86. The molecule has 2 heterocycles. The van der Waals surface area contributed by atoms with E-state index in [4.69, 9.17) is 4.74 Å². The van der Waals surface area contributed by atoms with Gasteiger partial charge in [-0.1, -0.05) is 12.5 Å². The van der Waals surface area contributed by atoms with E-state index in [0.717, 1.165) is 18.5 Å². The molecule has 122 valence electrons. The molecule has 0 N–H and O–H groups in total. The molecule has 1 aliphatic rings. The fraction of sp³-hybridized carbons (Fsp3) is 0.647. The van der Waals surface area contributed by atoms with Gasteiger partial charge in [0.1, 0.15) is 11.4 Å². The van der Waals surface area contributed by atoms with E-state index in [2.05, 4.69) is 23.0 Å². The highest BCUT2D eigenvalue weighted by atomic mass is 16.6. The summed E-state index contributed by atoms with van der Waals surface area (Å²) in [5, 5.41) is 0. The first kappa shape index (κ1) is 16.7. The monoisotopic (exact) mass is 305 g/mol. The van der Waals surface area contributed by atoms with Crippen molar-refractivity contribution in [3.8, 4) is 0 Å². The lowest BCUT2D eigenvalue weighted by Crippen LogP contribution is -2.36. The fourth-order valence-electron chi connectivity index (χ4n) is 2.83. The van der Waals surface area contributed by atoms with Crippen LogP contribution in [0.25, 0.3) is 0 Å². The Hall–Kier alpha value is -1.62. The van der Waals surface area contributed by atoms with Crippen molar-refractivity contribution in [2.24, 2.45) is 0 Å². The second kappa shape index (κ2) is 6.65. The number of carbonyl (C=O) groups excluding carboxylic acids is 1. The highest BCUT2D eigenvalue weighted by Crippen LogP contribution is 2.34. The lowest BCUT2D eigenvalue weighted by atomic mass is 9.96. The van der Waals surface area contributed by atoms with Crippen LogP contribution in [0.1, 0.15) is 51.6 Å². The Morgan fingerprint density at radius 3 is 2.77 bits per heavy atom. The second-order valence-electron chi connectivity index (χ2n) is 6.95. The highest BCUT2D eigenvalue weighted by Gasteiger charge is 2.28. The molecule has 0 spiro atoms. The summed E-state index contributed by atoms with van der Waals surface area (Å²) in [6.45, 7) is 6.68. The highest BCUT2D eigenvalue weighted by molar-refractivity contribution is 5.87. The summed E-state index contributed by atoms with van der Waals surface area (Å²) in [6.07, 6.45) is 4.88. The predicted octanol–water partition coefficient (Wildman–Crippen LogP) is 3.61. The zero-order valence-electron chi connectivity index (χ0n) is 14.3. The summed E-state index contributed by atoms with van der Waals surface area (Å²) >= 11 is 0. The standard InChI is InChI=1S/C17H27N3O2/c1-17(2,3)22-16(21)20(5)15-13(9-8-11-18-15)14-10-6-7-12-19(14)4/h8-9,11,14H,6-7,10,12H2,1-5H3. The summed E-state index contributed by atoms with van der Waals surface area (Å²) in [5.74, 6) is 0.690. The van der Waals surface area contributed by atoms with Crippen molar-refractivity contribution in [3.63, 3.8) is 0 Å². The lowest BCUT2D eigenvalue weighted by Gasteiger charge is -2.34. The zero-order valence-corrected chi connectivity index (χ0v) is 14.3. The average molecular weight is 305 g/mol. The van der Waals surface area contributed by atoms with Gasteiger partial charge in [-0.3, -0.25) is 9.80 Å². The molecule has 1 atom stereocenters. The smallest absolute Gasteiger partial charge is 0.415 e. The van der Waals surface area contributed by atoms with Crippen LogP contribution in [0.5, 0.6) is 0 Å². The molecule has 1 unspecified atom stereocenters. The van der Waals surface area contributed by atoms with Crippen LogP contribution in [0.3, 0.4) is 0 Å². The second-order valence-corrected chi connectivity index (χ2v) is 6.95. The normalized spacial score (nSPS) is 19.8. The molecule has 0 bridgehead atoms. The molecule has 0 radical (unpaired) electrons. The third-order valence-corrected chi connectivity index (χ3v) is 3.93. The van der Waals surface area contributed by atoms with Gasteiger partial charge in [0, 0.05) is 24.8 Å². The van der Waals surface area contributed by atoms with Crippen LogP contribution in [0.2, 0.25) is 0 Å². The average Bonchev–Trinajstić information content (AvgIpc) is 2.45. The van der Waals surface area contributed by atoms with Crippen molar-refractivity contribution in [3.05, 3.63) is 23.9 Å². The zero-order chi connectivity index (χ0) is 16.3. The van der Waals surface area contributed by atoms with Crippen LogP contribution >= 0.6 is 0 Å². The Morgan fingerprint density at radius 1 is 1.41 bits per heavy atom. The molecule has 5 heteroatoms. The number of hydrogen-bond acceptors (Lipinski definition) is 4. The number of carbonyl (C=O) groups is 1. The number of ether oxygens (including phenoxy) is 1. The summed E-state index contributed by atoms with van der Waals surface area (Å²) in [4.78, 5) is 20.6. The van der Waals surface area contributed by atoms with Gasteiger partial charge in [-0.25, -0.2) is 9.78 Å². The van der Waals surface area contributed by atoms with Gasteiger partial charge in [-0.2, -0.15) is 0 Å². The number of nitrogens with zero attached hydrogens (tertiary/aromatic N) is 3. The first-order valence-corrected chi connectivity index (χ1v) is 7.91. The first-order valence-electron chi connectivity index (χ1n) is 7.91. The van der Waals surface area contributed by atoms with E-state index in [1.807, 2.05) is 26.8 Å². The Kier molecular flexibility index (Phi) is 5.06. The molecule has 1 aromatic rings. The first-order chi connectivity index (χ1) is 10.3. The van der Waals surface area contributed by atoms with E-state index in [1.54, 1.807) is 13.2 Å². The van der Waals surface area contributed by atoms with Crippen molar-refractivity contribution in [2.75, 3.05) is 25.5 Å². The molecule has 1 amide bonds. The minimum Gasteiger partial charge on any atom is -0.443 e. The van der Waals surface area contributed by atoms with E-state index in [0.29, 0.717) is 11.9 Å². The summed E-state index contributed by atoms with van der Waals surface area (Å²) in [6, 6.07) is 4.31. The number of amides is 1. The van der Waals surface area contributed by atoms with E-state index >= 15 is 0 Å². The van der Waals surface area contributed by atoms with Gasteiger partial charge < -0.3 is 4.74 Å². The minimum atomic E-state index is -0.512. The maximum absolute atomic E-state index is 12.3. The number of piperidine rings is 1. The molecular weight excluding hydrogens is 278 g/mol. The third kappa shape index (κ3) is 3.97. The quantitative estimate of drug-likeness (QED) is 0.837. The summed E-state index contributed by atoms with van der Waals surface area (Å²) in [5.41, 5.74) is 0.583. The predicted molar refractivity (Wildman–Crippen MR) is 88.1 cm³/mol. The molecule has 1 fully saturated rings. The molecule has 0 aliphatic carbocycles. The number of rotatable bonds is 2. The maximum atomic E-state index is 12.3. The lowest BCUT2D eigenvalue weighted by molar-refractivity contribution is 0.0587. The number of aromatic nitrogens is 1. The molecule has 0 saturated carbocycles. The van der Waals surface area contributed by atoms with Crippen molar-refractivity contribution in [1.82, 2.24) is 9.88 Å². The number of hydrogen-bond donors (Lipinski definition) is 0. The van der Waals surface area contributed by atoms with E-state index < -0.39 is 5.60 Å². The van der Waals surface area contributed by atoms with Crippen molar-refractivity contribution >= 4 is 11.9 Å². The Balaban J connectivity index is 2.26. The molecule has 5 nitrogen and oxygen atoms in total. The largest absolute Gasteiger partial charge is 0.443 e. The van der Waals surface area contributed by atoms with Crippen LogP contribution in [-0.4, -0.2) is 42.2 Å². The van der Waals surface area contributed by atoms with Crippen LogP contribution in [0.15, 0.2) is 18.3 Å². The minimum absolute atomic E-state index is 0.308. The number of pyridine rings is 1. The van der Waals surface area contributed by atoms with Gasteiger partial charge in [0.2, 0.25) is 0 Å². The van der Waals surface area contributed by atoms with Crippen molar-refractivity contribution in [1.29, 1.82) is 0 Å². The van der Waals surface area contributed by atoms with Gasteiger partial charge in [0.25, 0.3) is 0 Å². The van der Waals surface area contributed by atoms with E-state index in [9.17, 15) is 4.79 Å². The SMILES string of the molecule is CN(C(=O)OC(C)(C)C)c1ncccc1C1CCCCN1C. The van der Waals surface area contributed by atoms with Gasteiger partial charge in [0.15, 0.2) is 0 Å². The molecule has 1 saturated heterocycles. The molecule has 0 aromatic carbocycles. The van der Waals surface area contributed by atoms with Crippen LogP contribution < -0.4 is 4.90 Å². The topological polar surface area (TPSA) is 45.7 Å². The Morgan fingerprint density at radius 2 is 2.14 bits per heavy atom. The van der Waals surface area contributed by atoms with Crippen LogP contribution in [-0.2, 0) is 4.74 Å². The van der Waals surface area contributed by atoms with E-state index in [1.165, 1.54) is 17.7 Å². The Labute approximate surface area is 133 Å². The fourth-order valence-corrected chi connectivity index (χ4v) is 2.83. The summed E-state index contributed by atoms with van der Waals surface area (Å²) < 4.78 is 5.46. The number of anilines is 1. The van der Waals surface area contributed by atoms with Gasteiger partial charge in [0.05, 0.1) is 0 Å². The van der Waals surface area contributed by atoms with Crippen molar-refractivity contribution in [2.45, 2.75) is 51.7 Å². The van der Waals surface area contributed by atoms with E-state index in [-0.39, 0.29) is 6.09 Å². The van der Waals surface area contributed by atoms with Crippen molar-refractivity contribution < 1.29 is 9.53 Å². The van der Waals surface area contributed by atoms with Crippen LogP contribution in [0.4, 0.5) is 10.6 Å². The Bertz CT molecular complexity index is 525. The van der Waals surface area contributed by atoms with Gasteiger partial charge >= 0.3 is 6.09 Å². The molecule has 1 aromatic heterocycles. The van der Waals surface area contributed by atoms with Crippen LogP contribution in [0, 0.1) is 0 Å². The molecule has 1 aliphatic heterocycles.